The SMILES string of the molecule is O=C(CSc1nc2ccc(N3C(=O)c4cccc5cccc(c45)C3=O)cc2s1)Nc1ccccc1[N+](=O)[O-]. The average molecular weight is 541 g/mol. The van der Waals surface area contributed by atoms with Crippen molar-refractivity contribution < 1.29 is 19.3 Å². The molecule has 5 aromatic rings. The van der Waals surface area contributed by atoms with Crippen LogP contribution >= 0.6 is 23.1 Å². The van der Waals surface area contributed by atoms with Crippen LogP contribution in [0.2, 0.25) is 0 Å². The Morgan fingerprint density at radius 1 is 0.974 bits per heavy atom. The minimum atomic E-state index is -0.551. The van der Waals surface area contributed by atoms with Crippen LogP contribution in [0, 0.1) is 10.1 Å². The van der Waals surface area contributed by atoms with Gasteiger partial charge in [0.25, 0.3) is 17.5 Å². The number of hydrogen-bond donors (Lipinski definition) is 1. The van der Waals surface area contributed by atoms with E-state index in [4.69, 9.17) is 0 Å². The molecule has 1 N–H and O–H groups in total. The van der Waals surface area contributed by atoms with Crippen molar-refractivity contribution in [2.45, 2.75) is 4.34 Å². The number of nitrogens with zero attached hydrogens (tertiary/aromatic N) is 3. The normalized spacial score (nSPS) is 12.8. The number of nitro benzene ring substituents is 1. The number of imide groups is 1. The third kappa shape index (κ3) is 4.07. The molecule has 1 aromatic heterocycles. The molecule has 0 spiro atoms. The van der Waals surface area contributed by atoms with Crippen molar-refractivity contribution in [3.05, 3.63) is 100 Å². The maximum Gasteiger partial charge on any atom is 0.292 e. The minimum absolute atomic E-state index is 0.00259. The Balaban J connectivity index is 1.22. The van der Waals surface area contributed by atoms with E-state index in [1.54, 1.807) is 48.5 Å². The molecular formula is C27H16N4O5S2. The van der Waals surface area contributed by atoms with Crippen LogP contribution in [-0.2, 0) is 4.79 Å². The van der Waals surface area contributed by atoms with Gasteiger partial charge in [-0.2, -0.15) is 0 Å². The van der Waals surface area contributed by atoms with Crippen LogP contribution in [0.5, 0.6) is 0 Å². The third-order valence-corrected chi connectivity index (χ3v) is 8.24. The number of thiazole rings is 1. The molecular weight excluding hydrogens is 524 g/mol. The fourth-order valence-corrected chi connectivity index (χ4v) is 6.31. The number of carbonyl (C=O) groups excluding carboxylic acids is 3. The van der Waals surface area contributed by atoms with Crippen LogP contribution < -0.4 is 10.2 Å². The average Bonchev–Trinajstić information content (AvgIpc) is 3.33. The van der Waals surface area contributed by atoms with E-state index >= 15 is 0 Å². The van der Waals surface area contributed by atoms with Crippen LogP contribution in [0.1, 0.15) is 20.7 Å². The summed E-state index contributed by atoms with van der Waals surface area (Å²) in [7, 11) is 0. The van der Waals surface area contributed by atoms with Crippen LogP contribution in [0.3, 0.4) is 0 Å². The molecule has 1 aliphatic heterocycles. The maximum absolute atomic E-state index is 13.4. The molecule has 1 aliphatic rings. The Morgan fingerprint density at radius 3 is 2.39 bits per heavy atom. The first-order valence-corrected chi connectivity index (χ1v) is 13.2. The van der Waals surface area contributed by atoms with E-state index in [9.17, 15) is 24.5 Å². The van der Waals surface area contributed by atoms with Crippen LogP contribution in [0.15, 0.2) is 83.2 Å². The van der Waals surface area contributed by atoms with Gasteiger partial charge in [0.05, 0.1) is 26.6 Å². The van der Waals surface area contributed by atoms with E-state index < -0.39 is 10.8 Å². The molecule has 4 aromatic carbocycles. The van der Waals surface area contributed by atoms with E-state index in [0.717, 1.165) is 10.1 Å². The van der Waals surface area contributed by atoms with Crippen molar-refractivity contribution in [2.75, 3.05) is 16.0 Å². The van der Waals surface area contributed by atoms with E-state index in [2.05, 4.69) is 10.3 Å². The van der Waals surface area contributed by atoms with Crippen LogP contribution in [0.25, 0.3) is 21.0 Å². The predicted octanol–water partition coefficient (Wildman–Crippen LogP) is 5.89. The molecule has 2 heterocycles. The number of benzene rings is 4. The smallest absolute Gasteiger partial charge is 0.292 e. The Morgan fingerprint density at radius 2 is 1.68 bits per heavy atom. The highest BCUT2D eigenvalue weighted by atomic mass is 32.2. The molecule has 0 unspecified atom stereocenters. The lowest BCUT2D eigenvalue weighted by atomic mass is 9.94. The molecule has 38 heavy (non-hydrogen) atoms. The Hall–Kier alpha value is -4.61. The van der Waals surface area contributed by atoms with Gasteiger partial charge in [-0.1, -0.05) is 48.2 Å². The quantitative estimate of drug-likeness (QED) is 0.123. The first-order valence-electron chi connectivity index (χ1n) is 11.4. The molecule has 6 rings (SSSR count). The Labute approximate surface area is 223 Å². The summed E-state index contributed by atoms with van der Waals surface area (Å²) >= 11 is 2.52. The first-order chi connectivity index (χ1) is 18.4. The molecule has 0 aliphatic carbocycles. The van der Waals surface area contributed by atoms with Gasteiger partial charge in [-0.15, -0.1) is 11.3 Å². The number of amides is 3. The topological polar surface area (TPSA) is 123 Å². The molecule has 11 heteroatoms. The molecule has 0 radical (unpaired) electrons. The summed E-state index contributed by atoms with van der Waals surface area (Å²) in [4.78, 5) is 55.5. The van der Waals surface area contributed by atoms with Gasteiger partial charge >= 0.3 is 0 Å². The van der Waals surface area contributed by atoms with Gasteiger partial charge < -0.3 is 5.32 Å². The highest BCUT2D eigenvalue weighted by molar-refractivity contribution is 8.01. The monoisotopic (exact) mass is 540 g/mol. The van der Waals surface area contributed by atoms with Crippen molar-refractivity contribution >= 4 is 78.9 Å². The largest absolute Gasteiger partial charge is 0.320 e. The summed E-state index contributed by atoms with van der Waals surface area (Å²) < 4.78 is 1.36. The molecule has 0 fully saturated rings. The number of para-hydroxylation sites is 2. The van der Waals surface area contributed by atoms with Gasteiger partial charge in [-0.3, -0.25) is 24.5 Å². The van der Waals surface area contributed by atoms with Crippen molar-refractivity contribution in [1.82, 2.24) is 4.98 Å². The van der Waals surface area contributed by atoms with Crippen molar-refractivity contribution in [1.29, 1.82) is 0 Å². The van der Waals surface area contributed by atoms with Gasteiger partial charge in [0.15, 0.2) is 4.34 Å². The fourth-order valence-electron chi connectivity index (χ4n) is 4.41. The van der Waals surface area contributed by atoms with Crippen LogP contribution in [-0.4, -0.2) is 33.4 Å². The number of hydrogen-bond acceptors (Lipinski definition) is 8. The molecule has 0 atom stereocenters. The summed E-state index contributed by atoms with van der Waals surface area (Å²) in [5, 5.41) is 15.2. The lowest BCUT2D eigenvalue weighted by Crippen LogP contribution is -2.40. The minimum Gasteiger partial charge on any atom is -0.320 e. The summed E-state index contributed by atoms with van der Waals surface area (Å²) in [6.45, 7) is 0. The van der Waals surface area contributed by atoms with Crippen molar-refractivity contribution in [3.63, 3.8) is 0 Å². The zero-order valence-corrected chi connectivity index (χ0v) is 21.0. The van der Waals surface area contributed by atoms with E-state index in [0.29, 0.717) is 32.1 Å². The summed E-state index contributed by atoms with van der Waals surface area (Å²) in [6, 6.07) is 21.9. The zero-order valence-electron chi connectivity index (χ0n) is 19.4. The Kier molecular flexibility index (Phi) is 5.86. The van der Waals surface area contributed by atoms with Gasteiger partial charge in [0, 0.05) is 22.6 Å². The molecule has 0 saturated heterocycles. The number of carbonyl (C=O) groups is 3. The Bertz CT molecular complexity index is 1770. The first kappa shape index (κ1) is 23.8. The number of nitrogens with one attached hydrogen (secondary N) is 1. The molecule has 0 bridgehead atoms. The fraction of sp³-hybridized carbons (Fsp3) is 0.0370. The summed E-state index contributed by atoms with van der Waals surface area (Å²) in [5.41, 5.74) is 2.00. The number of rotatable bonds is 6. The van der Waals surface area contributed by atoms with Crippen molar-refractivity contribution in [3.8, 4) is 0 Å². The van der Waals surface area contributed by atoms with Gasteiger partial charge in [0.2, 0.25) is 5.91 Å². The van der Waals surface area contributed by atoms with Gasteiger partial charge in [0.1, 0.15) is 5.69 Å². The number of thioether (sulfide) groups is 1. The highest BCUT2D eigenvalue weighted by Gasteiger charge is 2.34. The van der Waals surface area contributed by atoms with E-state index in [1.165, 1.54) is 46.2 Å². The maximum atomic E-state index is 13.4. The molecule has 186 valence electrons. The number of anilines is 2. The van der Waals surface area contributed by atoms with E-state index in [1.807, 2.05) is 12.1 Å². The molecule has 0 saturated carbocycles. The second-order valence-electron chi connectivity index (χ2n) is 8.40. The van der Waals surface area contributed by atoms with Gasteiger partial charge in [-0.05, 0) is 41.8 Å². The second kappa shape index (κ2) is 9.36. The number of nitro groups is 1. The number of fused-ring (bicyclic) bond motifs is 1. The lowest BCUT2D eigenvalue weighted by Gasteiger charge is -2.27. The summed E-state index contributed by atoms with van der Waals surface area (Å²) in [6.07, 6.45) is 0. The lowest BCUT2D eigenvalue weighted by molar-refractivity contribution is -0.383. The highest BCUT2D eigenvalue weighted by Crippen LogP contribution is 2.36. The standard InChI is InChI=1S/C27H16N4O5S2/c32-23(28-19-9-1-2-10-21(19)31(35)36)14-37-27-29-20-12-11-16(13-22(20)38-27)30-25(33)17-7-3-5-15-6-4-8-18(24(15)17)26(30)34/h1-13H,14H2,(H,28,32). The second-order valence-corrected chi connectivity index (χ2v) is 10.7. The van der Waals surface area contributed by atoms with Gasteiger partial charge in [-0.25, -0.2) is 9.88 Å². The predicted molar refractivity (Wildman–Crippen MR) is 147 cm³/mol. The van der Waals surface area contributed by atoms with Crippen molar-refractivity contribution in [2.24, 2.45) is 0 Å². The summed E-state index contributed by atoms with van der Waals surface area (Å²) in [5.74, 6) is -1.17. The molecule has 9 nitrogen and oxygen atoms in total. The van der Waals surface area contributed by atoms with E-state index in [-0.39, 0.29) is 28.9 Å². The number of aromatic nitrogens is 1. The third-order valence-electron chi connectivity index (χ3n) is 6.08. The van der Waals surface area contributed by atoms with Crippen LogP contribution in [0.4, 0.5) is 17.1 Å². The zero-order chi connectivity index (χ0) is 26.4. The molecule has 3 amide bonds.